The van der Waals surface area contributed by atoms with E-state index in [9.17, 15) is 8.78 Å². The van der Waals surface area contributed by atoms with Crippen LogP contribution >= 0.6 is 11.3 Å². The lowest BCUT2D eigenvalue weighted by molar-refractivity contribution is 0.224. The van der Waals surface area contributed by atoms with Crippen LogP contribution < -0.4 is 0 Å². The van der Waals surface area contributed by atoms with Crippen molar-refractivity contribution in [2.45, 2.75) is 19.3 Å². The van der Waals surface area contributed by atoms with Gasteiger partial charge >= 0.3 is 0 Å². The number of thiophene rings is 1. The fourth-order valence-corrected chi connectivity index (χ4v) is 3.54. The van der Waals surface area contributed by atoms with Crippen LogP contribution in [0.25, 0.3) is 11.5 Å². The summed E-state index contributed by atoms with van der Waals surface area (Å²) in [6, 6.07) is 13.5. The maximum absolute atomic E-state index is 12.6. The minimum Gasteiger partial charge on any atom is -0.444 e. The maximum Gasteiger partial charge on any atom is 0.278 e. The molecule has 1 aliphatic heterocycles. The molecule has 0 N–H and O–H groups in total. The van der Waals surface area contributed by atoms with E-state index < -0.39 is 6.43 Å². The Hall–Kier alpha value is -2.67. The van der Waals surface area contributed by atoms with Crippen LogP contribution in [0.3, 0.4) is 0 Å². The number of nitrogens with zero attached hydrogens (tertiary/aromatic N) is 3. The predicted molar refractivity (Wildman–Crippen MR) is 93.7 cm³/mol. The van der Waals surface area contributed by atoms with Gasteiger partial charge in [0.1, 0.15) is 12.0 Å². The van der Waals surface area contributed by atoms with E-state index in [2.05, 4.69) is 15.2 Å². The van der Waals surface area contributed by atoms with Crippen molar-refractivity contribution in [3.05, 3.63) is 64.2 Å². The molecule has 0 saturated carbocycles. The summed E-state index contributed by atoms with van der Waals surface area (Å²) in [6.45, 7) is 0. The van der Waals surface area contributed by atoms with Gasteiger partial charge in [-0.1, -0.05) is 18.2 Å². The lowest BCUT2D eigenvalue weighted by Crippen LogP contribution is -2.10. The van der Waals surface area contributed by atoms with Crippen LogP contribution in [-0.2, 0) is 6.42 Å². The lowest BCUT2D eigenvalue weighted by Gasteiger charge is -1.97. The summed E-state index contributed by atoms with van der Waals surface area (Å²) in [7, 11) is 0. The van der Waals surface area contributed by atoms with Crippen LogP contribution in [-0.4, -0.2) is 22.8 Å². The van der Waals surface area contributed by atoms with Gasteiger partial charge in [-0.2, -0.15) is 10.2 Å². The van der Waals surface area contributed by atoms with Crippen LogP contribution in [0.5, 0.6) is 0 Å². The maximum atomic E-state index is 12.6. The number of hydrogen-bond acceptors (Lipinski definition) is 5. The standard InChI is InChI=1S/C18H13F2N3OS/c19-17(20)15-9-14(22-23-15)16-7-6-13(25-16)8-12-10-24-18(21-12)11-4-2-1-3-5-11/h1-7,10,17H,8-9H2. The second-order valence-corrected chi connectivity index (χ2v) is 6.74. The van der Waals surface area contributed by atoms with Crippen LogP contribution in [0.2, 0.25) is 0 Å². The van der Waals surface area contributed by atoms with Gasteiger partial charge in [0, 0.05) is 23.3 Å². The molecule has 0 bridgehead atoms. The third-order valence-electron chi connectivity index (χ3n) is 3.77. The van der Waals surface area contributed by atoms with Crippen molar-refractivity contribution in [3.63, 3.8) is 0 Å². The number of alkyl halides is 2. The Balaban J connectivity index is 1.45. The minimum absolute atomic E-state index is 0.111. The Kier molecular flexibility index (Phi) is 4.23. The van der Waals surface area contributed by atoms with E-state index in [0.717, 1.165) is 21.0 Å². The Morgan fingerprint density at radius 2 is 1.92 bits per heavy atom. The third kappa shape index (κ3) is 3.41. The zero-order valence-corrected chi connectivity index (χ0v) is 13.8. The predicted octanol–water partition coefficient (Wildman–Crippen LogP) is 4.81. The summed E-state index contributed by atoms with van der Waals surface area (Å²) in [5, 5.41) is 7.43. The molecule has 0 radical (unpaired) electrons. The Morgan fingerprint density at radius 1 is 1.08 bits per heavy atom. The second kappa shape index (κ2) is 6.68. The first-order valence-corrected chi connectivity index (χ1v) is 8.51. The first kappa shape index (κ1) is 15.8. The average Bonchev–Trinajstić information content (AvgIpc) is 3.36. The molecule has 0 atom stereocenters. The second-order valence-electron chi connectivity index (χ2n) is 5.57. The monoisotopic (exact) mass is 357 g/mol. The molecule has 1 aliphatic rings. The smallest absolute Gasteiger partial charge is 0.278 e. The molecule has 4 rings (SSSR count). The molecule has 0 amide bonds. The number of oxazole rings is 1. The van der Waals surface area contributed by atoms with Crippen LogP contribution in [0.1, 0.15) is 21.9 Å². The zero-order valence-electron chi connectivity index (χ0n) is 13.0. The Bertz CT molecular complexity index is 944. The normalized spacial score (nSPS) is 14.0. The summed E-state index contributed by atoms with van der Waals surface area (Å²) < 4.78 is 30.8. The highest BCUT2D eigenvalue weighted by Crippen LogP contribution is 2.25. The largest absolute Gasteiger partial charge is 0.444 e. The Labute approximate surface area is 146 Å². The van der Waals surface area contributed by atoms with E-state index >= 15 is 0 Å². The highest BCUT2D eigenvalue weighted by molar-refractivity contribution is 7.14. The van der Waals surface area contributed by atoms with Crippen molar-refractivity contribution in [1.82, 2.24) is 4.98 Å². The third-order valence-corrected chi connectivity index (χ3v) is 4.91. The molecule has 0 saturated heterocycles. The number of benzene rings is 1. The quantitative estimate of drug-likeness (QED) is 0.658. The molecule has 4 nitrogen and oxygen atoms in total. The van der Waals surface area contributed by atoms with E-state index in [-0.39, 0.29) is 12.1 Å². The number of hydrogen-bond donors (Lipinski definition) is 0. The van der Waals surface area contributed by atoms with Gasteiger partial charge in [0.2, 0.25) is 5.89 Å². The van der Waals surface area contributed by atoms with E-state index in [4.69, 9.17) is 4.42 Å². The molecule has 7 heteroatoms. The number of halogens is 2. The SMILES string of the molecule is FC(F)C1=NN=C(c2ccc(Cc3coc(-c4ccccc4)n3)s2)C1. The molecule has 25 heavy (non-hydrogen) atoms. The zero-order chi connectivity index (χ0) is 17.2. The van der Waals surface area contributed by atoms with Gasteiger partial charge in [-0.15, -0.1) is 11.3 Å². The average molecular weight is 357 g/mol. The molecule has 0 fully saturated rings. The molecule has 2 aromatic heterocycles. The minimum atomic E-state index is -2.55. The fraction of sp³-hybridized carbons (Fsp3) is 0.167. The summed E-state index contributed by atoms with van der Waals surface area (Å²) in [4.78, 5) is 6.43. The Morgan fingerprint density at radius 3 is 2.68 bits per heavy atom. The van der Waals surface area contributed by atoms with E-state index in [0.29, 0.717) is 18.0 Å². The number of rotatable bonds is 5. The van der Waals surface area contributed by atoms with Gasteiger partial charge in [-0.3, -0.25) is 0 Å². The molecule has 3 heterocycles. The highest BCUT2D eigenvalue weighted by Gasteiger charge is 2.22. The van der Waals surface area contributed by atoms with Gasteiger partial charge in [0.25, 0.3) is 6.43 Å². The molecular weight excluding hydrogens is 344 g/mol. The van der Waals surface area contributed by atoms with Gasteiger partial charge in [0.05, 0.1) is 16.3 Å². The molecule has 0 unspecified atom stereocenters. The first-order chi connectivity index (χ1) is 12.2. The van der Waals surface area contributed by atoms with Crippen molar-refractivity contribution in [1.29, 1.82) is 0 Å². The molecule has 3 aromatic rings. The fourth-order valence-electron chi connectivity index (χ4n) is 2.53. The van der Waals surface area contributed by atoms with Gasteiger partial charge in [-0.05, 0) is 24.3 Å². The number of aromatic nitrogens is 1. The molecule has 0 spiro atoms. The summed E-state index contributed by atoms with van der Waals surface area (Å²) in [5.74, 6) is 0.586. The van der Waals surface area contributed by atoms with Gasteiger partial charge < -0.3 is 4.42 Å². The molecule has 0 aliphatic carbocycles. The highest BCUT2D eigenvalue weighted by atomic mass is 32.1. The van der Waals surface area contributed by atoms with Crippen molar-refractivity contribution in [2.24, 2.45) is 10.2 Å². The molecular formula is C18H13F2N3OS. The van der Waals surface area contributed by atoms with Crippen LogP contribution in [0.15, 0.2) is 63.3 Å². The van der Waals surface area contributed by atoms with E-state index in [1.54, 1.807) is 6.26 Å². The summed E-state index contributed by atoms with van der Waals surface area (Å²) in [5.41, 5.74) is 2.17. The van der Waals surface area contributed by atoms with Crippen LogP contribution in [0.4, 0.5) is 8.78 Å². The topological polar surface area (TPSA) is 50.8 Å². The summed E-state index contributed by atoms with van der Waals surface area (Å²) >= 11 is 1.51. The van der Waals surface area contributed by atoms with E-state index in [1.165, 1.54) is 11.3 Å². The van der Waals surface area contributed by atoms with Crippen molar-refractivity contribution < 1.29 is 13.2 Å². The van der Waals surface area contributed by atoms with Gasteiger partial charge in [-0.25, -0.2) is 13.8 Å². The van der Waals surface area contributed by atoms with Crippen molar-refractivity contribution in [3.8, 4) is 11.5 Å². The van der Waals surface area contributed by atoms with E-state index in [1.807, 2.05) is 42.5 Å². The van der Waals surface area contributed by atoms with Crippen molar-refractivity contribution in [2.75, 3.05) is 0 Å². The summed E-state index contributed by atoms with van der Waals surface area (Å²) in [6.07, 6.45) is -0.170. The van der Waals surface area contributed by atoms with Gasteiger partial charge in [0.15, 0.2) is 0 Å². The first-order valence-electron chi connectivity index (χ1n) is 7.69. The lowest BCUT2D eigenvalue weighted by atomic mass is 10.1. The van der Waals surface area contributed by atoms with Crippen molar-refractivity contribution >= 4 is 22.8 Å². The molecule has 126 valence electrons. The molecule has 1 aromatic carbocycles. The van der Waals surface area contributed by atoms with Crippen LogP contribution in [0, 0.1) is 0 Å².